The van der Waals surface area contributed by atoms with Gasteiger partial charge < -0.3 is 5.11 Å². The summed E-state index contributed by atoms with van der Waals surface area (Å²) in [5.41, 5.74) is 2.60. The number of benzene rings is 1. The van der Waals surface area contributed by atoms with Gasteiger partial charge in [0.05, 0.1) is 11.8 Å². The number of aromatic nitrogens is 2. The Balaban J connectivity index is 2.18. The third-order valence-corrected chi connectivity index (χ3v) is 3.11. The molecule has 1 unspecified atom stereocenters. The molecule has 1 heterocycles. The molecule has 0 aliphatic heterocycles. The van der Waals surface area contributed by atoms with Crippen LogP contribution in [0.3, 0.4) is 0 Å². The summed E-state index contributed by atoms with van der Waals surface area (Å²) in [6.07, 6.45) is 1.54. The number of nitrogens with zero attached hydrogens (tertiary/aromatic N) is 2. The van der Waals surface area contributed by atoms with Gasteiger partial charge in [-0.15, -0.1) is 0 Å². The monoisotopic (exact) mass is 248 g/mol. The number of aliphatic hydroxyl groups is 1. The van der Waals surface area contributed by atoms with Crippen molar-refractivity contribution in [2.45, 2.75) is 32.9 Å². The van der Waals surface area contributed by atoms with Gasteiger partial charge in [-0.3, -0.25) is 4.68 Å². The summed E-state index contributed by atoms with van der Waals surface area (Å²) < 4.78 is 14.8. The van der Waals surface area contributed by atoms with Gasteiger partial charge in [-0.1, -0.05) is 6.07 Å². The van der Waals surface area contributed by atoms with Gasteiger partial charge in [0.15, 0.2) is 0 Å². The molecule has 0 saturated carbocycles. The lowest BCUT2D eigenvalue weighted by molar-refractivity contribution is 0.167. The van der Waals surface area contributed by atoms with E-state index in [1.165, 1.54) is 12.1 Å². The molecule has 4 heteroatoms. The lowest BCUT2D eigenvalue weighted by Crippen LogP contribution is -2.10. The van der Waals surface area contributed by atoms with Crippen LogP contribution in [-0.2, 0) is 13.0 Å². The maximum absolute atomic E-state index is 13.0. The van der Waals surface area contributed by atoms with E-state index in [2.05, 4.69) is 5.10 Å². The van der Waals surface area contributed by atoms with Crippen LogP contribution in [0.15, 0.2) is 30.5 Å². The summed E-state index contributed by atoms with van der Waals surface area (Å²) in [4.78, 5) is 0. The molecule has 2 aromatic rings. The average molecular weight is 248 g/mol. The Hall–Kier alpha value is -1.68. The van der Waals surface area contributed by atoms with E-state index in [4.69, 9.17) is 0 Å². The van der Waals surface area contributed by atoms with Crippen molar-refractivity contribution >= 4 is 0 Å². The molecule has 1 aromatic heterocycles. The van der Waals surface area contributed by atoms with Crippen molar-refractivity contribution in [3.63, 3.8) is 0 Å². The maximum Gasteiger partial charge on any atom is 0.123 e. The molecule has 3 nitrogen and oxygen atoms in total. The minimum atomic E-state index is -0.614. The van der Waals surface area contributed by atoms with Crippen molar-refractivity contribution in [3.8, 4) is 0 Å². The van der Waals surface area contributed by atoms with E-state index in [9.17, 15) is 9.50 Å². The zero-order valence-corrected chi connectivity index (χ0v) is 10.6. The van der Waals surface area contributed by atoms with Gasteiger partial charge in [-0.05, 0) is 43.2 Å². The fourth-order valence-corrected chi connectivity index (χ4v) is 2.09. The Labute approximate surface area is 106 Å². The summed E-state index contributed by atoms with van der Waals surface area (Å²) in [6, 6.07) is 6.44. The number of aliphatic hydroxyl groups excluding tert-OH is 1. The predicted octanol–water partition coefficient (Wildman–Crippen LogP) is 2.63. The summed E-state index contributed by atoms with van der Waals surface area (Å²) in [7, 11) is 0. The average Bonchev–Trinajstić information content (AvgIpc) is 2.81. The van der Waals surface area contributed by atoms with Crippen LogP contribution in [0, 0.1) is 12.7 Å². The van der Waals surface area contributed by atoms with Gasteiger partial charge in [-0.25, -0.2) is 4.39 Å². The SMILES string of the molecule is CCn1nccc1C(O)Cc1ccc(F)cc1C. The molecule has 1 N–H and O–H groups in total. The number of rotatable bonds is 4. The van der Waals surface area contributed by atoms with Gasteiger partial charge in [0.25, 0.3) is 0 Å². The minimum Gasteiger partial charge on any atom is -0.386 e. The van der Waals surface area contributed by atoms with Gasteiger partial charge in [0.1, 0.15) is 5.82 Å². The quantitative estimate of drug-likeness (QED) is 0.903. The molecule has 1 aromatic carbocycles. The Morgan fingerprint density at radius 2 is 2.17 bits per heavy atom. The molecule has 0 saturated heterocycles. The molecule has 1 atom stereocenters. The van der Waals surface area contributed by atoms with E-state index in [0.717, 1.165) is 23.4 Å². The van der Waals surface area contributed by atoms with Crippen molar-refractivity contribution in [2.75, 3.05) is 0 Å². The lowest BCUT2D eigenvalue weighted by atomic mass is 10.0. The second kappa shape index (κ2) is 5.31. The zero-order valence-electron chi connectivity index (χ0n) is 10.6. The van der Waals surface area contributed by atoms with E-state index in [1.807, 2.05) is 19.9 Å². The molecule has 0 fully saturated rings. The van der Waals surface area contributed by atoms with Gasteiger partial charge >= 0.3 is 0 Å². The summed E-state index contributed by atoms with van der Waals surface area (Å²) in [6.45, 7) is 4.55. The van der Waals surface area contributed by atoms with E-state index in [0.29, 0.717) is 6.42 Å². The van der Waals surface area contributed by atoms with Gasteiger partial charge in [0.2, 0.25) is 0 Å². The van der Waals surface area contributed by atoms with Crippen molar-refractivity contribution in [2.24, 2.45) is 0 Å². The number of halogens is 1. The second-order valence-electron chi connectivity index (χ2n) is 4.36. The lowest BCUT2D eigenvalue weighted by Gasteiger charge is -2.14. The summed E-state index contributed by atoms with van der Waals surface area (Å²) in [5.74, 6) is -0.246. The Morgan fingerprint density at radius 3 is 2.83 bits per heavy atom. The van der Waals surface area contributed by atoms with Crippen molar-refractivity contribution in [1.82, 2.24) is 9.78 Å². The first-order chi connectivity index (χ1) is 8.61. The molecule has 2 rings (SSSR count). The molecule has 0 aliphatic rings. The van der Waals surface area contributed by atoms with Crippen LogP contribution in [0.5, 0.6) is 0 Å². The van der Waals surface area contributed by atoms with Crippen LogP contribution < -0.4 is 0 Å². The zero-order chi connectivity index (χ0) is 13.1. The highest BCUT2D eigenvalue weighted by atomic mass is 19.1. The standard InChI is InChI=1S/C14H17FN2O/c1-3-17-13(6-7-16-17)14(18)9-11-4-5-12(15)8-10(11)2/h4-8,14,18H,3,9H2,1-2H3. The van der Waals surface area contributed by atoms with Crippen LogP contribution >= 0.6 is 0 Å². The highest BCUT2D eigenvalue weighted by Gasteiger charge is 2.14. The van der Waals surface area contributed by atoms with E-state index >= 15 is 0 Å². The van der Waals surface area contributed by atoms with E-state index < -0.39 is 6.10 Å². The molecule has 0 amide bonds. The van der Waals surface area contributed by atoms with Crippen LogP contribution in [-0.4, -0.2) is 14.9 Å². The first-order valence-electron chi connectivity index (χ1n) is 6.06. The minimum absolute atomic E-state index is 0.246. The third kappa shape index (κ3) is 2.59. The molecule has 18 heavy (non-hydrogen) atoms. The van der Waals surface area contributed by atoms with E-state index in [-0.39, 0.29) is 5.82 Å². The first kappa shape index (κ1) is 12.8. The van der Waals surface area contributed by atoms with Crippen LogP contribution in [0.25, 0.3) is 0 Å². The summed E-state index contributed by atoms with van der Waals surface area (Å²) in [5, 5.41) is 14.3. The predicted molar refractivity (Wildman–Crippen MR) is 67.7 cm³/mol. The molecule has 0 bridgehead atoms. The highest BCUT2D eigenvalue weighted by molar-refractivity contribution is 5.28. The fourth-order valence-electron chi connectivity index (χ4n) is 2.09. The smallest absolute Gasteiger partial charge is 0.123 e. The normalized spacial score (nSPS) is 12.7. The molecule has 0 spiro atoms. The Kier molecular flexibility index (Phi) is 3.77. The third-order valence-electron chi connectivity index (χ3n) is 3.11. The Bertz CT molecular complexity index is 536. The van der Waals surface area contributed by atoms with Crippen LogP contribution in [0.4, 0.5) is 4.39 Å². The first-order valence-corrected chi connectivity index (χ1v) is 6.06. The van der Waals surface area contributed by atoms with Crippen LogP contribution in [0.1, 0.15) is 29.8 Å². The van der Waals surface area contributed by atoms with Crippen LogP contribution in [0.2, 0.25) is 0 Å². The van der Waals surface area contributed by atoms with Gasteiger partial charge in [-0.2, -0.15) is 5.10 Å². The molecule has 96 valence electrons. The van der Waals surface area contributed by atoms with E-state index in [1.54, 1.807) is 16.9 Å². The molecule has 0 radical (unpaired) electrons. The summed E-state index contributed by atoms with van der Waals surface area (Å²) >= 11 is 0. The van der Waals surface area contributed by atoms with Crippen molar-refractivity contribution < 1.29 is 9.50 Å². The maximum atomic E-state index is 13.0. The molecular weight excluding hydrogens is 231 g/mol. The number of hydrogen-bond donors (Lipinski definition) is 1. The van der Waals surface area contributed by atoms with Crippen molar-refractivity contribution in [3.05, 3.63) is 53.1 Å². The molecule has 0 aliphatic carbocycles. The fraction of sp³-hybridized carbons (Fsp3) is 0.357. The largest absolute Gasteiger partial charge is 0.386 e. The Morgan fingerprint density at radius 1 is 1.39 bits per heavy atom. The second-order valence-corrected chi connectivity index (χ2v) is 4.36. The number of hydrogen-bond acceptors (Lipinski definition) is 2. The van der Waals surface area contributed by atoms with Crippen molar-refractivity contribution in [1.29, 1.82) is 0 Å². The topological polar surface area (TPSA) is 38.0 Å². The van der Waals surface area contributed by atoms with Gasteiger partial charge in [0, 0.05) is 19.2 Å². The number of aryl methyl sites for hydroxylation is 2. The molecular formula is C14H17FN2O. The highest BCUT2D eigenvalue weighted by Crippen LogP contribution is 2.20.